The molecule has 1 aromatic rings. The number of hydrogen-bond donors (Lipinski definition) is 2. The van der Waals surface area contributed by atoms with Crippen LogP contribution in [-0.2, 0) is 13.1 Å². The summed E-state index contributed by atoms with van der Waals surface area (Å²) >= 11 is 0. The van der Waals surface area contributed by atoms with Crippen molar-refractivity contribution in [3.8, 4) is 0 Å². The molecule has 1 saturated heterocycles. The lowest BCUT2D eigenvalue weighted by atomic mass is 9.99. The van der Waals surface area contributed by atoms with Gasteiger partial charge in [-0.3, -0.25) is 4.90 Å². The van der Waals surface area contributed by atoms with Gasteiger partial charge in [0.1, 0.15) is 0 Å². The molecule has 2 rings (SSSR count). The largest absolute Gasteiger partial charge is 0.364 e. The number of H-pyrrole nitrogens is 1. The standard InChI is InChI=1S/C12H21N3/c1-10-2-4-15(5-3-10)9-11-6-12(7-13)14-8-11/h6,8,10,14H,2-5,7,9,13H2,1H3. The third kappa shape index (κ3) is 2.83. The van der Waals surface area contributed by atoms with Crippen LogP contribution in [0.15, 0.2) is 12.3 Å². The van der Waals surface area contributed by atoms with Gasteiger partial charge < -0.3 is 10.7 Å². The zero-order chi connectivity index (χ0) is 10.7. The van der Waals surface area contributed by atoms with Gasteiger partial charge in [0.2, 0.25) is 0 Å². The summed E-state index contributed by atoms with van der Waals surface area (Å²) in [4.78, 5) is 5.73. The van der Waals surface area contributed by atoms with E-state index in [9.17, 15) is 0 Å². The molecule has 0 saturated carbocycles. The molecule has 3 nitrogen and oxygen atoms in total. The second kappa shape index (κ2) is 4.81. The van der Waals surface area contributed by atoms with E-state index in [-0.39, 0.29) is 0 Å². The van der Waals surface area contributed by atoms with E-state index in [2.05, 4.69) is 29.1 Å². The van der Waals surface area contributed by atoms with Gasteiger partial charge >= 0.3 is 0 Å². The molecule has 3 heteroatoms. The smallest absolute Gasteiger partial charge is 0.0332 e. The number of aromatic nitrogens is 1. The fraction of sp³-hybridized carbons (Fsp3) is 0.667. The molecule has 15 heavy (non-hydrogen) atoms. The summed E-state index contributed by atoms with van der Waals surface area (Å²) in [5.41, 5.74) is 8.07. The molecule has 0 atom stereocenters. The maximum absolute atomic E-state index is 5.57. The first-order chi connectivity index (χ1) is 7.28. The van der Waals surface area contributed by atoms with Gasteiger partial charge in [-0.2, -0.15) is 0 Å². The van der Waals surface area contributed by atoms with Gasteiger partial charge in [-0.25, -0.2) is 0 Å². The normalized spacial score (nSPS) is 19.6. The van der Waals surface area contributed by atoms with Crippen LogP contribution < -0.4 is 5.73 Å². The highest BCUT2D eigenvalue weighted by Crippen LogP contribution is 2.18. The Morgan fingerprint density at radius 1 is 1.47 bits per heavy atom. The average Bonchev–Trinajstić information content (AvgIpc) is 2.69. The first-order valence-electron chi connectivity index (χ1n) is 5.86. The van der Waals surface area contributed by atoms with Crippen molar-refractivity contribution in [3.05, 3.63) is 23.5 Å². The SMILES string of the molecule is CC1CCN(Cc2c[nH]c(CN)c2)CC1. The third-order valence-electron chi connectivity index (χ3n) is 3.30. The zero-order valence-corrected chi connectivity index (χ0v) is 9.50. The summed E-state index contributed by atoms with van der Waals surface area (Å²) in [6, 6.07) is 2.18. The number of nitrogens with zero attached hydrogens (tertiary/aromatic N) is 1. The minimum Gasteiger partial charge on any atom is -0.364 e. The van der Waals surface area contributed by atoms with Gasteiger partial charge in [-0.15, -0.1) is 0 Å². The highest BCUT2D eigenvalue weighted by molar-refractivity contribution is 5.16. The molecule has 0 unspecified atom stereocenters. The Balaban J connectivity index is 1.86. The maximum atomic E-state index is 5.57. The number of rotatable bonds is 3. The van der Waals surface area contributed by atoms with Crippen LogP contribution in [0, 0.1) is 5.92 Å². The summed E-state index contributed by atoms with van der Waals surface area (Å²) in [6.45, 7) is 6.51. The molecular formula is C12H21N3. The quantitative estimate of drug-likeness (QED) is 0.792. The van der Waals surface area contributed by atoms with Crippen molar-refractivity contribution in [1.82, 2.24) is 9.88 Å². The zero-order valence-electron chi connectivity index (χ0n) is 9.50. The van der Waals surface area contributed by atoms with E-state index in [0.717, 1.165) is 18.2 Å². The van der Waals surface area contributed by atoms with E-state index >= 15 is 0 Å². The lowest BCUT2D eigenvalue weighted by Crippen LogP contribution is -2.32. The van der Waals surface area contributed by atoms with Crippen molar-refractivity contribution >= 4 is 0 Å². The minimum atomic E-state index is 0.608. The topological polar surface area (TPSA) is 45.0 Å². The monoisotopic (exact) mass is 207 g/mol. The van der Waals surface area contributed by atoms with E-state index in [4.69, 9.17) is 5.73 Å². The van der Waals surface area contributed by atoms with Gasteiger partial charge in [0, 0.05) is 25.0 Å². The van der Waals surface area contributed by atoms with Gasteiger partial charge in [-0.05, 0) is 43.5 Å². The van der Waals surface area contributed by atoms with Gasteiger partial charge in [-0.1, -0.05) is 6.92 Å². The van der Waals surface area contributed by atoms with Crippen LogP contribution in [0.25, 0.3) is 0 Å². The van der Waals surface area contributed by atoms with Crippen LogP contribution in [0.5, 0.6) is 0 Å². The Labute approximate surface area is 91.7 Å². The van der Waals surface area contributed by atoms with E-state index in [1.165, 1.54) is 31.5 Å². The van der Waals surface area contributed by atoms with Gasteiger partial charge in [0.05, 0.1) is 0 Å². The second-order valence-corrected chi connectivity index (χ2v) is 4.70. The molecule has 0 amide bonds. The van der Waals surface area contributed by atoms with Crippen molar-refractivity contribution < 1.29 is 0 Å². The lowest BCUT2D eigenvalue weighted by Gasteiger charge is -2.29. The molecule has 0 radical (unpaired) electrons. The molecule has 3 N–H and O–H groups in total. The molecule has 0 aliphatic carbocycles. The minimum absolute atomic E-state index is 0.608. The fourth-order valence-electron chi connectivity index (χ4n) is 2.18. The molecule has 1 aromatic heterocycles. The van der Waals surface area contributed by atoms with Crippen molar-refractivity contribution in [2.24, 2.45) is 11.7 Å². The Morgan fingerprint density at radius 3 is 2.80 bits per heavy atom. The Bertz CT molecular complexity index is 298. The third-order valence-corrected chi connectivity index (χ3v) is 3.30. The number of piperidine rings is 1. The van der Waals surface area contributed by atoms with Crippen LogP contribution >= 0.6 is 0 Å². The number of hydrogen-bond acceptors (Lipinski definition) is 2. The molecule has 0 bridgehead atoms. The summed E-state index contributed by atoms with van der Waals surface area (Å²) < 4.78 is 0. The first kappa shape index (κ1) is 10.7. The Hall–Kier alpha value is -0.800. The van der Waals surface area contributed by atoms with E-state index in [1.807, 2.05) is 0 Å². The van der Waals surface area contributed by atoms with Gasteiger partial charge in [0.25, 0.3) is 0 Å². The molecule has 84 valence electrons. The van der Waals surface area contributed by atoms with Gasteiger partial charge in [0.15, 0.2) is 0 Å². The molecule has 0 aromatic carbocycles. The first-order valence-corrected chi connectivity index (χ1v) is 5.86. The van der Waals surface area contributed by atoms with Crippen molar-refractivity contribution in [3.63, 3.8) is 0 Å². The number of likely N-dealkylation sites (tertiary alicyclic amines) is 1. The lowest BCUT2D eigenvalue weighted by molar-refractivity contribution is 0.185. The Kier molecular flexibility index (Phi) is 3.44. The summed E-state index contributed by atoms with van der Waals surface area (Å²) in [7, 11) is 0. The molecule has 1 fully saturated rings. The van der Waals surface area contributed by atoms with Crippen LogP contribution in [0.4, 0.5) is 0 Å². The highest BCUT2D eigenvalue weighted by Gasteiger charge is 2.15. The van der Waals surface area contributed by atoms with Crippen LogP contribution in [0.1, 0.15) is 31.0 Å². The molecule has 0 spiro atoms. The van der Waals surface area contributed by atoms with Crippen molar-refractivity contribution in [2.45, 2.75) is 32.9 Å². The number of aromatic amines is 1. The van der Waals surface area contributed by atoms with E-state index < -0.39 is 0 Å². The predicted molar refractivity (Wildman–Crippen MR) is 62.4 cm³/mol. The average molecular weight is 207 g/mol. The van der Waals surface area contributed by atoms with Crippen LogP contribution in [-0.4, -0.2) is 23.0 Å². The molecule has 1 aliphatic rings. The van der Waals surface area contributed by atoms with Crippen molar-refractivity contribution in [1.29, 1.82) is 0 Å². The Morgan fingerprint density at radius 2 is 2.20 bits per heavy atom. The predicted octanol–water partition coefficient (Wildman–Crippen LogP) is 1.71. The summed E-state index contributed by atoms with van der Waals surface area (Å²) in [5.74, 6) is 0.909. The summed E-state index contributed by atoms with van der Waals surface area (Å²) in [6.07, 6.45) is 4.77. The van der Waals surface area contributed by atoms with Crippen LogP contribution in [0.2, 0.25) is 0 Å². The number of nitrogens with one attached hydrogen (secondary N) is 1. The maximum Gasteiger partial charge on any atom is 0.0332 e. The second-order valence-electron chi connectivity index (χ2n) is 4.70. The fourth-order valence-corrected chi connectivity index (χ4v) is 2.18. The molecular weight excluding hydrogens is 186 g/mol. The van der Waals surface area contributed by atoms with Crippen LogP contribution in [0.3, 0.4) is 0 Å². The summed E-state index contributed by atoms with van der Waals surface area (Å²) in [5, 5.41) is 0. The van der Waals surface area contributed by atoms with E-state index in [1.54, 1.807) is 0 Å². The van der Waals surface area contributed by atoms with Crippen molar-refractivity contribution in [2.75, 3.05) is 13.1 Å². The van der Waals surface area contributed by atoms with E-state index in [0.29, 0.717) is 6.54 Å². The highest BCUT2D eigenvalue weighted by atomic mass is 15.1. The molecule has 1 aliphatic heterocycles. The molecule has 2 heterocycles. The number of nitrogens with two attached hydrogens (primary N) is 1.